The lowest BCUT2D eigenvalue weighted by Gasteiger charge is -2.32. The molecule has 2 heterocycles. The van der Waals surface area contributed by atoms with Crippen molar-refractivity contribution in [3.05, 3.63) is 54.2 Å². The first-order valence-electron chi connectivity index (χ1n) is 9.62. The van der Waals surface area contributed by atoms with Crippen molar-refractivity contribution < 1.29 is 9.59 Å². The van der Waals surface area contributed by atoms with E-state index in [1.54, 1.807) is 17.2 Å². The molecule has 2 amide bonds. The SMILES string of the molecule is CN(c1ccccc1)c1ccc(C(=O)N2CCCC(C(=O)NCCN)C2)cn1.Cl.Cl. The van der Waals surface area contributed by atoms with E-state index >= 15 is 0 Å². The van der Waals surface area contributed by atoms with Crippen molar-refractivity contribution in [2.45, 2.75) is 12.8 Å². The number of rotatable bonds is 6. The predicted molar refractivity (Wildman–Crippen MR) is 124 cm³/mol. The lowest BCUT2D eigenvalue weighted by Crippen LogP contribution is -2.46. The number of nitrogens with one attached hydrogen (secondary N) is 1. The standard InChI is InChI=1S/C21H27N5O2.2ClH/c1-25(18-7-3-2-4-8-18)19-10-9-16(14-24-19)21(28)26-13-5-6-17(15-26)20(27)23-12-11-22;;/h2-4,7-10,14,17H,5-6,11-13,15,22H2,1H3,(H,23,27);2*1H. The van der Waals surface area contributed by atoms with E-state index in [1.165, 1.54) is 0 Å². The van der Waals surface area contributed by atoms with Crippen LogP contribution in [0.25, 0.3) is 0 Å². The highest BCUT2D eigenvalue weighted by molar-refractivity contribution is 5.94. The van der Waals surface area contributed by atoms with Crippen molar-refractivity contribution in [1.82, 2.24) is 15.2 Å². The van der Waals surface area contributed by atoms with Gasteiger partial charge in [0, 0.05) is 45.1 Å². The fraction of sp³-hybridized carbons (Fsp3) is 0.381. The summed E-state index contributed by atoms with van der Waals surface area (Å²) in [5, 5.41) is 2.82. The Bertz CT molecular complexity index is 805. The third-order valence-electron chi connectivity index (χ3n) is 5.00. The smallest absolute Gasteiger partial charge is 0.255 e. The number of carbonyl (C=O) groups is 2. The molecule has 30 heavy (non-hydrogen) atoms. The highest BCUT2D eigenvalue weighted by Crippen LogP contribution is 2.22. The zero-order chi connectivity index (χ0) is 19.9. The Morgan fingerprint density at radius 2 is 1.93 bits per heavy atom. The Labute approximate surface area is 189 Å². The number of piperidine rings is 1. The maximum atomic E-state index is 12.9. The number of anilines is 2. The molecule has 3 N–H and O–H groups in total. The predicted octanol–water partition coefficient (Wildman–Crippen LogP) is 2.62. The minimum absolute atomic E-state index is 0. The van der Waals surface area contributed by atoms with Crippen LogP contribution in [0.4, 0.5) is 11.5 Å². The zero-order valence-electron chi connectivity index (χ0n) is 17.0. The van der Waals surface area contributed by atoms with Gasteiger partial charge in [0.25, 0.3) is 5.91 Å². The Hall–Kier alpha value is -2.35. The topological polar surface area (TPSA) is 91.6 Å². The van der Waals surface area contributed by atoms with Crippen LogP contribution < -0.4 is 16.0 Å². The molecule has 2 aromatic rings. The summed E-state index contributed by atoms with van der Waals surface area (Å²) in [5.74, 6) is 0.472. The maximum Gasteiger partial charge on any atom is 0.255 e. The highest BCUT2D eigenvalue weighted by atomic mass is 35.5. The number of pyridine rings is 1. The van der Waals surface area contributed by atoms with Crippen LogP contribution in [0.1, 0.15) is 23.2 Å². The number of carbonyl (C=O) groups excluding carboxylic acids is 2. The number of benzene rings is 1. The molecule has 0 saturated carbocycles. The average molecular weight is 454 g/mol. The molecule has 0 bridgehead atoms. The van der Waals surface area contributed by atoms with Crippen molar-refractivity contribution in [3.8, 4) is 0 Å². The van der Waals surface area contributed by atoms with E-state index in [1.807, 2.05) is 48.3 Å². The van der Waals surface area contributed by atoms with Gasteiger partial charge in [-0.25, -0.2) is 4.98 Å². The molecular weight excluding hydrogens is 425 g/mol. The van der Waals surface area contributed by atoms with Gasteiger partial charge in [-0.3, -0.25) is 9.59 Å². The van der Waals surface area contributed by atoms with E-state index in [0.29, 0.717) is 31.7 Å². The van der Waals surface area contributed by atoms with Gasteiger partial charge in [0.05, 0.1) is 11.5 Å². The fourth-order valence-electron chi connectivity index (χ4n) is 3.39. The Kier molecular flexibility index (Phi) is 10.6. The summed E-state index contributed by atoms with van der Waals surface area (Å²) < 4.78 is 0. The lowest BCUT2D eigenvalue weighted by molar-refractivity contribution is -0.126. The molecule has 1 aliphatic rings. The van der Waals surface area contributed by atoms with Gasteiger partial charge in [-0.2, -0.15) is 0 Å². The first-order chi connectivity index (χ1) is 13.6. The number of likely N-dealkylation sites (tertiary alicyclic amines) is 1. The number of hydrogen-bond acceptors (Lipinski definition) is 5. The Morgan fingerprint density at radius 1 is 1.20 bits per heavy atom. The number of hydrogen-bond donors (Lipinski definition) is 2. The first kappa shape index (κ1) is 25.7. The van der Waals surface area contributed by atoms with Crippen LogP contribution in [0.2, 0.25) is 0 Å². The number of aromatic nitrogens is 1. The van der Waals surface area contributed by atoms with E-state index in [2.05, 4.69) is 10.3 Å². The Morgan fingerprint density at radius 3 is 2.57 bits per heavy atom. The average Bonchev–Trinajstić information content (AvgIpc) is 2.77. The largest absolute Gasteiger partial charge is 0.355 e. The second-order valence-corrected chi connectivity index (χ2v) is 6.97. The van der Waals surface area contributed by atoms with E-state index in [-0.39, 0.29) is 42.5 Å². The number of nitrogens with two attached hydrogens (primary N) is 1. The maximum absolute atomic E-state index is 12.9. The summed E-state index contributed by atoms with van der Waals surface area (Å²) in [7, 11) is 1.94. The van der Waals surface area contributed by atoms with E-state index in [4.69, 9.17) is 5.73 Å². The minimum Gasteiger partial charge on any atom is -0.355 e. The quantitative estimate of drug-likeness (QED) is 0.700. The molecule has 1 aromatic carbocycles. The first-order valence-corrected chi connectivity index (χ1v) is 9.62. The molecule has 1 aromatic heterocycles. The molecule has 1 unspecified atom stereocenters. The van der Waals surface area contributed by atoms with Gasteiger partial charge in [0.15, 0.2) is 0 Å². The van der Waals surface area contributed by atoms with Crippen LogP contribution in [0.5, 0.6) is 0 Å². The van der Waals surface area contributed by atoms with Gasteiger partial charge in [-0.15, -0.1) is 24.8 Å². The summed E-state index contributed by atoms with van der Waals surface area (Å²) >= 11 is 0. The molecule has 9 heteroatoms. The molecule has 1 saturated heterocycles. The summed E-state index contributed by atoms with van der Waals surface area (Å²) in [6.07, 6.45) is 3.21. The Balaban J connectivity index is 0.00000225. The summed E-state index contributed by atoms with van der Waals surface area (Å²) in [6, 6.07) is 13.6. The van der Waals surface area contributed by atoms with Crippen molar-refractivity contribution in [1.29, 1.82) is 0 Å². The molecule has 164 valence electrons. The third kappa shape index (κ3) is 6.32. The molecule has 3 rings (SSSR count). The molecule has 0 radical (unpaired) electrons. The van der Waals surface area contributed by atoms with Gasteiger partial charge < -0.3 is 20.9 Å². The number of para-hydroxylation sites is 1. The van der Waals surface area contributed by atoms with Gasteiger partial charge >= 0.3 is 0 Å². The monoisotopic (exact) mass is 453 g/mol. The minimum atomic E-state index is -0.180. The van der Waals surface area contributed by atoms with E-state index in [9.17, 15) is 9.59 Å². The number of nitrogens with zero attached hydrogens (tertiary/aromatic N) is 3. The van der Waals surface area contributed by atoms with Crippen LogP contribution >= 0.6 is 24.8 Å². The summed E-state index contributed by atoms with van der Waals surface area (Å²) in [4.78, 5) is 33.2. The molecule has 0 spiro atoms. The normalized spacial score (nSPS) is 15.4. The third-order valence-corrected chi connectivity index (χ3v) is 5.00. The van der Waals surface area contributed by atoms with E-state index in [0.717, 1.165) is 24.3 Å². The second kappa shape index (κ2) is 12.4. The van der Waals surface area contributed by atoms with Crippen LogP contribution in [-0.4, -0.2) is 54.9 Å². The summed E-state index contributed by atoms with van der Waals surface area (Å²) in [6.45, 7) is 1.96. The van der Waals surface area contributed by atoms with Crippen LogP contribution in [0.15, 0.2) is 48.7 Å². The van der Waals surface area contributed by atoms with Crippen molar-refractivity contribution in [2.24, 2.45) is 11.7 Å². The molecule has 0 aliphatic carbocycles. The van der Waals surface area contributed by atoms with Crippen molar-refractivity contribution in [3.63, 3.8) is 0 Å². The number of amides is 2. The molecule has 1 atom stereocenters. The van der Waals surface area contributed by atoms with E-state index < -0.39 is 0 Å². The van der Waals surface area contributed by atoms with Gasteiger partial charge in [0.1, 0.15) is 5.82 Å². The molecule has 1 aliphatic heterocycles. The summed E-state index contributed by atoms with van der Waals surface area (Å²) in [5.41, 5.74) is 7.00. The second-order valence-electron chi connectivity index (χ2n) is 6.97. The van der Waals surface area contributed by atoms with Crippen LogP contribution in [-0.2, 0) is 4.79 Å². The molecule has 1 fully saturated rings. The molecule has 7 nitrogen and oxygen atoms in total. The fourth-order valence-corrected chi connectivity index (χ4v) is 3.39. The van der Waals surface area contributed by atoms with Gasteiger partial charge in [-0.1, -0.05) is 18.2 Å². The van der Waals surface area contributed by atoms with Crippen molar-refractivity contribution in [2.75, 3.05) is 38.1 Å². The zero-order valence-corrected chi connectivity index (χ0v) is 18.6. The molecular formula is C21H29Cl2N5O2. The van der Waals surface area contributed by atoms with Crippen molar-refractivity contribution >= 4 is 48.1 Å². The van der Waals surface area contributed by atoms with Crippen LogP contribution in [0.3, 0.4) is 0 Å². The van der Waals surface area contributed by atoms with Crippen LogP contribution in [0, 0.1) is 5.92 Å². The van der Waals surface area contributed by atoms with Gasteiger partial charge in [0.2, 0.25) is 5.91 Å². The highest BCUT2D eigenvalue weighted by Gasteiger charge is 2.28. The number of halogens is 2. The van der Waals surface area contributed by atoms with Gasteiger partial charge in [-0.05, 0) is 37.1 Å². The lowest BCUT2D eigenvalue weighted by atomic mass is 9.96.